The van der Waals surface area contributed by atoms with Crippen LogP contribution in [0.3, 0.4) is 0 Å². The summed E-state index contributed by atoms with van der Waals surface area (Å²) in [5.74, 6) is -0.412. The van der Waals surface area contributed by atoms with Gasteiger partial charge in [-0.2, -0.15) is 5.26 Å². The zero-order valence-corrected chi connectivity index (χ0v) is 11.3. The number of rotatable bonds is 2. The third kappa shape index (κ3) is 2.28. The van der Waals surface area contributed by atoms with E-state index in [1.807, 2.05) is 37.3 Å². The Labute approximate surface area is 121 Å². The van der Waals surface area contributed by atoms with Crippen molar-refractivity contribution in [3.63, 3.8) is 0 Å². The van der Waals surface area contributed by atoms with Crippen molar-refractivity contribution >= 4 is 0 Å². The number of nitriles is 1. The lowest BCUT2D eigenvalue weighted by Gasteiger charge is -2.08. The van der Waals surface area contributed by atoms with E-state index in [0.29, 0.717) is 11.3 Å². The lowest BCUT2D eigenvalue weighted by Crippen LogP contribution is -2.01. The third-order valence-electron chi connectivity index (χ3n) is 3.15. The topological polar surface area (TPSA) is 54.5 Å². The molecule has 1 heterocycles. The summed E-state index contributed by atoms with van der Waals surface area (Å²) in [6.45, 7) is 1.95. The van der Waals surface area contributed by atoms with Gasteiger partial charge in [-0.1, -0.05) is 29.5 Å². The van der Waals surface area contributed by atoms with Crippen molar-refractivity contribution in [2.45, 2.75) is 6.92 Å². The summed E-state index contributed by atoms with van der Waals surface area (Å²) >= 11 is 0. The van der Waals surface area contributed by atoms with Crippen LogP contribution in [-0.2, 0) is 0 Å². The number of aryl methyl sites for hydroxylation is 1. The number of benzene rings is 2. The van der Waals surface area contributed by atoms with Gasteiger partial charge in [-0.3, -0.25) is 0 Å². The average molecular weight is 278 g/mol. The zero-order valence-electron chi connectivity index (χ0n) is 11.3. The molecule has 0 bridgehead atoms. The molecule has 0 radical (unpaired) electrons. The van der Waals surface area contributed by atoms with Gasteiger partial charge in [0.25, 0.3) is 0 Å². The van der Waals surface area contributed by atoms with Crippen molar-refractivity contribution in [2.24, 2.45) is 0 Å². The van der Waals surface area contributed by atoms with E-state index in [-0.39, 0.29) is 5.69 Å². The molecule has 0 N–H and O–H groups in total. The number of hydrogen-bond acceptors (Lipinski definition) is 3. The van der Waals surface area contributed by atoms with Gasteiger partial charge in [0.1, 0.15) is 17.6 Å². The van der Waals surface area contributed by atoms with Gasteiger partial charge in [-0.05, 0) is 36.8 Å². The second kappa shape index (κ2) is 5.17. The third-order valence-corrected chi connectivity index (χ3v) is 3.15. The maximum absolute atomic E-state index is 14.1. The first kappa shape index (κ1) is 13.0. The Hall–Kier alpha value is -3.00. The highest BCUT2D eigenvalue weighted by Crippen LogP contribution is 2.27. The molecule has 0 fully saturated rings. The molecule has 102 valence electrons. The number of hydrogen-bond donors (Lipinski definition) is 0. The molecule has 4 nitrogen and oxygen atoms in total. The van der Waals surface area contributed by atoms with Gasteiger partial charge in [-0.25, -0.2) is 9.07 Å². The summed E-state index contributed by atoms with van der Waals surface area (Å²) < 4.78 is 15.6. The lowest BCUT2D eigenvalue weighted by atomic mass is 10.1. The van der Waals surface area contributed by atoms with Crippen molar-refractivity contribution in [3.8, 4) is 23.0 Å². The largest absolute Gasteiger partial charge is 0.211 e. The van der Waals surface area contributed by atoms with Crippen LogP contribution in [0, 0.1) is 24.1 Å². The molecule has 1 aromatic heterocycles. The van der Waals surface area contributed by atoms with Crippen LogP contribution in [0.2, 0.25) is 0 Å². The fourth-order valence-corrected chi connectivity index (χ4v) is 2.19. The van der Waals surface area contributed by atoms with Gasteiger partial charge in [0.15, 0.2) is 5.69 Å². The molecular weight excluding hydrogens is 267 g/mol. The molecule has 0 atom stereocenters. The minimum atomic E-state index is -0.412. The van der Waals surface area contributed by atoms with Crippen molar-refractivity contribution < 1.29 is 4.39 Å². The van der Waals surface area contributed by atoms with Crippen LogP contribution in [0.5, 0.6) is 0 Å². The summed E-state index contributed by atoms with van der Waals surface area (Å²) in [7, 11) is 0. The Kier molecular flexibility index (Phi) is 3.20. The summed E-state index contributed by atoms with van der Waals surface area (Å²) in [4.78, 5) is 0. The summed E-state index contributed by atoms with van der Waals surface area (Å²) in [5, 5.41) is 17.0. The van der Waals surface area contributed by atoms with Crippen LogP contribution in [0.1, 0.15) is 11.3 Å². The van der Waals surface area contributed by atoms with Gasteiger partial charge in [0, 0.05) is 5.56 Å². The monoisotopic (exact) mass is 278 g/mol. The normalized spacial score (nSPS) is 10.3. The Morgan fingerprint density at radius 2 is 1.95 bits per heavy atom. The molecule has 5 heteroatoms. The van der Waals surface area contributed by atoms with Crippen molar-refractivity contribution in [1.29, 1.82) is 5.26 Å². The lowest BCUT2D eigenvalue weighted by molar-refractivity contribution is 0.629. The number of aromatic nitrogens is 3. The molecule has 2 aromatic carbocycles. The molecule has 0 amide bonds. The van der Waals surface area contributed by atoms with E-state index in [2.05, 4.69) is 10.3 Å². The highest BCUT2D eigenvalue weighted by Gasteiger charge is 2.18. The molecule has 0 aliphatic rings. The van der Waals surface area contributed by atoms with Crippen molar-refractivity contribution in [1.82, 2.24) is 15.0 Å². The van der Waals surface area contributed by atoms with E-state index in [1.165, 1.54) is 10.7 Å². The van der Waals surface area contributed by atoms with Gasteiger partial charge in [0.2, 0.25) is 0 Å². The molecule has 0 spiro atoms. The molecule has 0 aliphatic heterocycles. The average Bonchev–Trinajstić information content (AvgIpc) is 2.91. The fourth-order valence-electron chi connectivity index (χ4n) is 2.19. The number of nitrogens with zero attached hydrogens (tertiary/aromatic N) is 4. The van der Waals surface area contributed by atoms with E-state index in [1.54, 1.807) is 18.2 Å². The maximum Gasteiger partial charge on any atom is 0.191 e. The quantitative estimate of drug-likeness (QED) is 0.723. The molecule has 21 heavy (non-hydrogen) atoms. The van der Waals surface area contributed by atoms with Crippen LogP contribution in [0.25, 0.3) is 16.9 Å². The highest BCUT2D eigenvalue weighted by molar-refractivity contribution is 5.67. The van der Waals surface area contributed by atoms with Crippen LogP contribution in [-0.4, -0.2) is 15.0 Å². The van der Waals surface area contributed by atoms with Crippen LogP contribution < -0.4 is 0 Å². The van der Waals surface area contributed by atoms with E-state index < -0.39 is 5.82 Å². The van der Waals surface area contributed by atoms with E-state index in [4.69, 9.17) is 0 Å². The molecule has 3 aromatic rings. The highest BCUT2D eigenvalue weighted by atomic mass is 19.1. The summed E-state index contributed by atoms with van der Waals surface area (Å²) in [5.41, 5.74) is 2.55. The van der Waals surface area contributed by atoms with Gasteiger partial charge in [0.05, 0.1) is 5.69 Å². The van der Waals surface area contributed by atoms with E-state index in [0.717, 1.165) is 11.3 Å². The molecule has 0 saturated carbocycles. The second-order valence-corrected chi connectivity index (χ2v) is 4.63. The fraction of sp³-hybridized carbons (Fsp3) is 0.0625. The smallest absolute Gasteiger partial charge is 0.191 e. The maximum atomic E-state index is 14.1. The molecule has 0 unspecified atom stereocenters. The van der Waals surface area contributed by atoms with Gasteiger partial charge < -0.3 is 0 Å². The Balaban J connectivity index is 2.28. The van der Waals surface area contributed by atoms with Crippen molar-refractivity contribution in [3.05, 3.63) is 65.6 Å². The molecular formula is C16H11FN4. The SMILES string of the molecule is Cc1cccc(-n2nnc(C#N)c2-c2ccccc2F)c1. The van der Waals surface area contributed by atoms with Gasteiger partial charge in [-0.15, -0.1) is 5.10 Å². The van der Waals surface area contributed by atoms with Crippen molar-refractivity contribution in [2.75, 3.05) is 0 Å². The second-order valence-electron chi connectivity index (χ2n) is 4.63. The Morgan fingerprint density at radius 1 is 1.14 bits per heavy atom. The number of halogens is 1. The van der Waals surface area contributed by atoms with E-state index >= 15 is 0 Å². The molecule has 0 saturated heterocycles. The van der Waals surface area contributed by atoms with E-state index in [9.17, 15) is 9.65 Å². The minimum absolute atomic E-state index is 0.0987. The zero-order chi connectivity index (χ0) is 14.8. The predicted octanol–water partition coefficient (Wildman–Crippen LogP) is 3.25. The van der Waals surface area contributed by atoms with Crippen LogP contribution in [0.15, 0.2) is 48.5 Å². The van der Waals surface area contributed by atoms with Crippen LogP contribution >= 0.6 is 0 Å². The summed E-state index contributed by atoms with van der Waals surface area (Å²) in [6, 6.07) is 15.8. The first-order valence-corrected chi connectivity index (χ1v) is 6.38. The summed E-state index contributed by atoms with van der Waals surface area (Å²) in [6.07, 6.45) is 0. The van der Waals surface area contributed by atoms with Crippen LogP contribution in [0.4, 0.5) is 4.39 Å². The standard InChI is InChI=1S/C16H11FN4/c1-11-5-4-6-12(9-11)21-16(15(10-18)19-20-21)13-7-2-3-8-14(13)17/h2-9H,1H3. The first-order chi connectivity index (χ1) is 10.2. The first-order valence-electron chi connectivity index (χ1n) is 6.38. The molecule has 3 rings (SSSR count). The predicted molar refractivity (Wildman–Crippen MR) is 76.2 cm³/mol. The Bertz CT molecular complexity index is 845. The minimum Gasteiger partial charge on any atom is -0.211 e. The van der Waals surface area contributed by atoms with Gasteiger partial charge >= 0.3 is 0 Å². The molecule has 0 aliphatic carbocycles. The Morgan fingerprint density at radius 3 is 2.67 bits per heavy atom.